The van der Waals surface area contributed by atoms with Gasteiger partial charge in [0.1, 0.15) is 17.6 Å². The molecule has 1 amide bonds. The van der Waals surface area contributed by atoms with Crippen molar-refractivity contribution < 1.29 is 22.7 Å². The van der Waals surface area contributed by atoms with E-state index in [9.17, 15) is 13.2 Å². The molecule has 180 valence electrons. The average Bonchev–Trinajstić information content (AvgIpc) is 2.79. The Bertz CT molecular complexity index is 1020. The second-order valence-corrected chi connectivity index (χ2v) is 10.2. The van der Waals surface area contributed by atoms with Gasteiger partial charge in [-0.3, -0.25) is 9.10 Å². The molecule has 1 saturated heterocycles. The highest BCUT2D eigenvalue weighted by Crippen LogP contribution is 2.29. The van der Waals surface area contributed by atoms with Crippen molar-refractivity contribution in [2.75, 3.05) is 49.7 Å². The van der Waals surface area contributed by atoms with E-state index in [1.165, 1.54) is 11.4 Å². The van der Waals surface area contributed by atoms with Crippen LogP contribution in [0.1, 0.15) is 25.7 Å². The first-order valence-corrected chi connectivity index (χ1v) is 13.0. The van der Waals surface area contributed by atoms with Gasteiger partial charge in [0.25, 0.3) is 0 Å². The van der Waals surface area contributed by atoms with E-state index in [0.29, 0.717) is 23.5 Å². The largest absolute Gasteiger partial charge is 0.495 e. The second kappa shape index (κ2) is 11.4. The van der Waals surface area contributed by atoms with Crippen LogP contribution in [0.2, 0.25) is 0 Å². The lowest BCUT2D eigenvalue weighted by Crippen LogP contribution is -2.35. The van der Waals surface area contributed by atoms with Crippen LogP contribution in [-0.4, -0.2) is 65.4 Å². The van der Waals surface area contributed by atoms with E-state index in [2.05, 4.69) is 17.3 Å². The Balaban J connectivity index is 1.50. The van der Waals surface area contributed by atoms with E-state index in [0.717, 1.165) is 37.9 Å². The fourth-order valence-corrected chi connectivity index (χ4v) is 4.79. The number of rotatable bonds is 10. The van der Waals surface area contributed by atoms with Crippen molar-refractivity contribution in [2.45, 2.75) is 31.8 Å². The Morgan fingerprint density at radius 2 is 1.79 bits per heavy atom. The van der Waals surface area contributed by atoms with Gasteiger partial charge in [-0.1, -0.05) is 12.1 Å². The predicted molar refractivity (Wildman–Crippen MR) is 131 cm³/mol. The second-order valence-electron chi connectivity index (χ2n) is 8.30. The van der Waals surface area contributed by atoms with Gasteiger partial charge >= 0.3 is 0 Å². The van der Waals surface area contributed by atoms with Crippen molar-refractivity contribution in [1.29, 1.82) is 0 Å². The maximum Gasteiger partial charge on any atom is 0.232 e. The summed E-state index contributed by atoms with van der Waals surface area (Å²) in [5.41, 5.74) is 1.14. The number of likely N-dealkylation sites (tertiary alicyclic amines) is 1. The SMILES string of the molecule is COc1ccccc1N(CCCC(=O)Nc1ccc(OC2CCN(C)CC2)cc1)S(C)(=O)=O. The van der Waals surface area contributed by atoms with Gasteiger partial charge in [-0.2, -0.15) is 0 Å². The first kappa shape index (κ1) is 24.9. The minimum Gasteiger partial charge on any atom is -0.495 e. The molecule has 33 heavy (non-hydrogen) atoms. The minimum absolute atomic E-state index is 0.174. The van der Waals surface area contributed by atoms with E-state index in [4.69, 9.17) is 9.47 Å². The molecule has 0 unspecified atom stereocenters. The number of piperidine rings is 1. The molecule has 0 spiro atoms. The van der Waals surface area contributed by atoms with Crippen LogP contribution >= 0.6 is 0 Å². The Labute approximate surface area is 196 Å². The van der Waals surface area contributed by atoms with Gasteiger partial charge < -0.3 is 19.7 Å². The van der Waals surface area contributed by atoms with Gasteiger partial charge in [-0.15, -0.1) is 0 Å². The number of hydrogen-bond donors (Lipinski definition) is 1. The van der Waals surface area contributed by atoms with Crippen LogP contribution in [0, 0.1) is 0 Å². The number of nitrogens with zero attached hydrogens (tertiary/aromatic N) is 2. The molecule has 8 nitrogen and oxygen atoms in total. The summed E-state index contributed by atoms with van der Waals surface area (Å²) in [4.78, 5) is 14.7. The van der Waals surface area contributed by atoms with Gasteiger partial charge in [0, 0.05) is 31.7 Å². The smallest absolute Gasteiger partial charge is 0.232 e. The zero-order valence-electron chi connectivity index (χ0n) is 19.5. The maximum absolute atomic E-state index is 12.4. The zero-order chi connectivity index (χ0) is 23.8. The monoisotopic (exact) mass is 475 g/mol. The van der Waals surface area contributed by atoms with Gasteiger partial charge in [0.15, 0.2) is 0 Å². The van der Waals surface area contributed by atoms with E-state index >= 15 is 0 Å². The number of methoxy groups -OCH3 is 1. The number of carbonyl (C=O) groups excluding carboxylic acids is 1. The van der Waals surface area contributed by atoms with Crippen molar-refractivity contribution >= 4 is 27.3 Å². The molecule has 9 heteroatoms. The summed E-state index contributed by atoms with van der Waals surface area (Å²) in [6.45, 7) is 2.25. The fourth-order valence-electron chi connectivity index (χ4n) is 3.82. The van der Waals surface area contributed by atoms with Gasteiger partial charge in [0.2, 0.25) is 15.9 Å². The molecule has 1 aliphatic rings. The molecule has 0 radical (unpaired) electrons. The summed E-state index contributed by atoms with van der Waals surface area (Å²) >= 11 is 0. The molecule has 1 aliphatic heterocycles. The number of amides is 1. The van der Waals surface area contributed by atoms with Crippen LogP contribution in [0.3, 0.4) is 0 Å². The summed E-state index contributed by atoms with van der Waals surface area (Å²) in [6, 6.07) is 14.3. The van der Waals surface area contributed by atoms with Crippen LogP contribution in [0.25, 0.3) is 0 Å². The van der Waals surface area contributed by atoms with Crippen LogP contribution < -0.4 is 19.1 Å². The topological polar surface area (TPSA) is 88.2 Å². The summed E-state index contributed by atoms with van der Waals surface area (Å²) in [7, 11) is 0.0903. The van der Waals surface area contributed by atoms with Gasteiger partial charge in [0.05, 0.1) is 19.1 Å². The normalized spacial score (nSPS) is 15.1. The minimum atomic E-state index is -3.52. The Hall–Kier alpha value is -2.78. The van der Waals surface area contributed by atoms with Gasteiger partial charge in [-0.25, -0.2) is 8.42 Å². The van der Waals surface area contributed by atoms with Crippen LogP contribution in [0.5, 0.6) is 11.5 Å². The van der Waals surface area contributed by atoms with Crippen molar-refractivity contribution in [1.82, 2.24) is 4.90 Å². The number of ether oxygens (including phenoxy) is 2. The highest BCUT2D eigenvalue weighted by atomic mass is 32.2. The summed E-state index contributed by atoms with van der Waals surface area (Å²) in [5.74, 6) is 1.09. The zero-order valence-corrected chi connectivity index (χ0v) is 20.3. The number of sulfonamides is 1. The van der Waals surface area contributed by atoms with E-state index in [1.54, 1.807) is 24.3 Å². The predicted octanol–water partition coefficient (Wildman–Crippen LogP) is 3.35. The summed E-state index contributed by atoms with van der Waals surface area (Å²) in [6.07, 6.45) is 3.95. The molecule has 1 N–H and O–H groups in total. The number of carbonyl (C=O) groups is 1. The van der Waals surface area contributed by atoms with Crippen molar-refractivity contribution in [2.24, 2.45) is 0 Å². The third-order valence-electron chi connectivity index (χ3n) is 5.63. The van der Waals surface area contributed by atoms with Crippen molar-refractivity contribution in [3.8, 4) is 11.5 Å². The third kappa shape index (κ3) is 7.36. The molecular weight excluding hydrogens is 442 g/mol. The van der Waals surface area contributed by atoms with Crippen molar-refractivity contribution in [3.63, 3.8) is 0 Å². The molecule has 0 aromatic heterocycles. The van der Waals surface area contributed by atoms with Gasteiger partial charge in [-0.05, 0) is 62.7 Å². The molecule has 2 aromatic carbocycles. The number of benzene rings is 2. The standard InChI is InChI=1S/C24H33N3O5S/c1-26-17-14-21(15-18-26)32-20-12-10-19(11-13-20)25-24(28)9-6-16-27(33(3,29)30)22-7-4-5-8-23(22)31-2/h4-5,7-8,10-13,21H,6,9,14-18H2,1-3H3,(H,25,28). The number of nitrogens with one attached hydrogen (secondary N) is 1. The number of para-hydroxylation sites is 2. The van der Waals surface area contributed by atoms with E-state index < -0.39 is 10.0 Å². The Kier molecular flexibility index (Phi) is 8.57. The molecular formula is C24H33N3O5S. The number of anilines is 2. The number of hydrogen-bond acceptors (Lipinski definition) is 6. The van der Waals surface area contributed by atoms with Crippen LogP contribution in [0.15, 0.2) is 48.5 Å². The molecule has 3 rings (SSSR count). The quantitative estimate of drug-likeness (QED) is 0.567. The van der Waals surface area contributed by atoms with Crippen molar-refractivity contribution in [3.05, 3.63) is 48.5 Å². The highest BCUT2D eigenvalue weighted by Gasteiger charge is 2.21. The van der Waals surface area contributed by atoms with E-state index in [1.807, 2.05) is 24.3 Å². The first-order valence-electron chi connectivity index (χ1n) is 11.1. The Morgan fingerprint density at radius 3 is 2.42 bits per heavy atom. The molecule has 0 aliphatic carbocycles. The highest BCUT2D eigenvalue weighted by molar-refractivity contribution is 7.92. The Morgan fingerprint density at radius 1 is 1.12 bits per heavy atom. The molecule has 2 aromatic rings. The molecule has 0 atom stereocenters. The molecule has 0 saturated carbocycles. The van der Waals surface area contributed by atoms with Crippen LogP contribution in [-0.2, 0) is 14.8 Å². The third-order valence-corrected chi connectivity index (χ3v) is 6.81. The lowest BCUT2D eigenvalue weighted by atomic mass is 10.1. The van der Waals surface area contributed by atoms with Crippen LogP contribution in [0.4, 0.5) is 11.4 Å². The first-order chi connectivity index (χ1) is 15.8. The fraction of sp³-hybridized carbons (Fsp3) is 0.458. The lowest BCUT2D eigenvalue weighted by molar-refractivity contribution is -0.116. The maximum atomic E-state index is 12.4. The molecule has 1 heterocycles. The summed E-state index contributed by atoms with van der Waals surface area (Å²) in [5, 5.41) is 2.86. The molecule has 1 fully saturated rings. The average molecular weight is 476 g/mol. The lowest BCUT2D eigenvalue weighted by Gasteiger charge is -2.29. The summed E-state index contributed by atoms with van der Waals surface area (Å²) < 4.78 is 37.2. The van der Waals surface area contributed by atoms with E-state index in [-0.39, 0.29) is 25.0 Å². The molecule has 0 bridgehead atoms.